The Bertz CT molecular complexity index is 506. The summed E-state index contributed by atoms with van der Waals surface area (Å²) in [5.41, 5.74) is 8.28. The van der Waals surface area contributed by atoms with Gasteiger partial charge in [-0.1, -0.05) is 11.2 Å². The number of amides is 1. The van der Waals surface area contributed by atoms with Gasteiger partial charge in [-0.3, -0.25) is 4.79 Å². The molecule has 1 aromatic heterocycles. The summed E-state index contributed by atoms with van der Waals surface area (Å²) in [6, 6.07) is 5.16. The molecule has 0 aliphatic carbocycles. The van der Waals surface area contributed by atoms with Gasteiger partial charge in [0.2, 0.25) is 0 Å². The lowest BCUT2D eigenvalue weighted by molar-refractivity contribution is 0.102. The number of hydrogen-bond donors (Lipinski definition) is 2. The fraction of sp³-hybridized carbons (Fsp3) is 0.0909. The molecule has 0 radical (unpaired) electrons. The molecule has 5 heteroatoms. The molecule has 0 saturated heterocycles. The van der Waals surface area contributed by atoms with Crippen LogP contribution in [0, 0.1) is 6.92 Å². The van der Waals surface area contributed by atoms with Crippen LogP contribution in [-0.2, 0) is 0 Å². The molecular formula is C11H11N3O2. The van der Waals surface area contributed by atoms with Crippen molar-refractivity contribution in [1.82, 2.24) is 5.16 Å². The average Bonchev–Trinajstić information content (AvgIpc) is 2.74. The van der Waals surface area contributed by atoms with E-state index in [0.29, 0.717) is 16.9 Å². The van der Waals surface area contributed by atoms with Crippen LogP contribution in [0.1, 0.15) is 15.9 Å². The number of aromatic nitrogens is 1. The van der Waals surface area contributed by atoms with Gasteiger partial charge < -0.3 is 15.6 Å². The van der Waals surface area contributed by atoms with E-state index in [1.807, 2.05) is 6.92 Å². The van der Waals surface area contributed by atoms with E-state index in [-0.39, 0.29) is 5.91 Å². The summed E-state index contributed by atoms with van der Waals surface area (Å²) in [6.07, 6.45) is 2.78. The van der Waals surface area contributed by atoms with Crippen molar-refractivity contribution in [1.29, 1.82) is 0 Å². The van der Waals surface area contributed by atoms with Gasteiger partial charge in [-0.15, -0.1) is 0 Å². The van der Waals surface area contributed by atoms with Gasteiger partial charge in [-0.25, -0.2) is 0 Å². The second kappa shape index (κ2) is 4.06. The maximum atomic E-state index is 11.7. The zero-order valence-electron chi connectivity index (χ0n) is 8.73. The van der Waals surface area contributed by atoms with Crippen LogP contribution >= 0.6 is 0 Å². The first-order valence-corrected chi connectivity index (χ1v) is 4.73. The van der Waals surface area contributed by atoms with E-state index >= 15 is 0 Å². The molecule has 16 heavy (non-hydrogen) atoms. The number of aryl methyl sites for hydroxylation is 1. The van der Waals surface area contributed by atoms with Gasteiger partial charge in [0.05, 0.1) is 6.20 Å². The summed E-state index contributed by atoms with van der Waals surface area (Å²) in [4.78, 5) is 11.7. The molecule has 3 N–H and O–H groups in total. The number of nitrogens with two attached hydrogens (primary N) is 1. The molecule has 5 nitrogen and oxygen atoms in total. The molecule has 1 amide bonds. The number of nitrogens with zero attached hydrogens (tertiary/aromatic N) is 1. The van der Waals surface area contributed by atoms with Crippen LogP contribution in [0.4, 0.5) is 11.4 Å². The maximum absolute atomic E-state index is 11.7. The monoisotopic (exact) mass is 217 g/mol. The molecule has 1 aromatic carbocycles. The van der Waals surface area contributed by atoms with Crippen molar-refractivity contribution in [3.05, 3.63) is 41.8 Å². The van der Waals surface area contributed by atoms with E-state index in [4.69, 9.17) is 5.73 Å². The third-order valence-electron chi connectivity index (χ3n) is 2.23. The van der Waals surface area contributed by atoms with Crippen molar-refractivity contribution in [2.24, 2.45) is 0 Å². The van der Waals surface area contributed by atoms with E-state index in [1.165, 1.54) is 12.5 Å². The zero-order valence-corrected chi connectivity index (χ0v) is 8.73. The Kier molecular flexibility index (Phi) is 2.59. The van der Waals surface area contributed by atoms with E-state index < -0.39 is 0 Å². The second-order valence-corrected chi connectivity index (χ2v) is 3.44. The zero-order chi connectivity index (χ0) is 11.5. The van der Waals surface area contributed by atoms with Gasteiger partial charge in [0.1, 0.15) is 12.0 Å². The largest absolute Gasteiger partial charge is 0.398 e. The SMILES string of the molecule is Cc1ccc(C(=O)Nc2cnoc2)cc1N. The summed E-state index contributed by atoms with van der Waals surface area (Å²) >= 11 is 0. The molecule has 0 unspecified atom stereocenters. The van der Waals surface area contributed by atoms with Gasteiger partial charge in [-0.05, 0) is 24.6 Å². The number of nitrogens with one attached hydrogen (secondary N) is 1. The van der Waals surface area contributed by atoms with E-state index in [1.54, 1.807) is 18.2 Å². The van der Waals surface area contributed by atoms with E-state index in [9.17, 15) is 4.79 Å². The Morgan fingerprint density at radius 1 is 1.50 bits per heavy atom. The first kappa shape index (κ1) is 10.2. The maximum Gasteiger partial charge on any atom is 0.255 e. The first-order valence-electron chi connectivity index (χ1n) is 4.73. The number of carbonyl (C=O) groups excluding carboxylic acids is 1. The van der Waals surface area contributed by atoms with Gasteiger partial charge in [0.15, 0.2) is 0 Å². The molecule has 0 aliphatic heterocycles. The molecular weight excluding hydrogens is 206 g/mol. The Labute approximate surface area is 92.2 Å². The lowest BCUT2D eigenvalue weighted by Gasteiger charge is -2.04. The molecule has 0 bridgehead atoms. The van der Waals surface area contributed by atoms with Gasteiger partial charge in [0, 0.05) is 11.3 Å². The van der Waals surface area contributed by atoms with Crippen LogP contribution in [0.3, 0.4) is 0 Å². The highest BCUT2D eigenvalue weighted by molar-refractivity contribution is 6.04. The van der Waals surface area contributed by atoms with Crippen LogP contribution in [0.15, 0.2) is 35.2 Å². The first-order chi connectivity index (χ1) is 7.66. The predicted octanol–water partition coefficient (Wildman–Crippen LogP) is 1.82. The topological polar surface area (TPSA) is 81.2 Å². The summed E-state index contributed by atoms with van der Waals surface area (Å²) in [7, 11) is 0. The van der Waals surface area contributed by atoms with Crippen molar-refractivity contribution in [3.8, 4) is 0 Å². The molecule has 0 atom stereocenters. The number of hydrogen-bond acceptors (Lipinski definition) is 4. The molecule has 1 heterocycles. The molecule has 82 valence electrons. The third-order valence-corrected chi connectivity index (χ3v) is 2.23. The van der Waals surface area contributed by atoms with Crippen LogP contribution in [0.2, 0.25) is 0 Å². The minimum atomic E-state index is -0.241. The minimum absolute atomic E-state index is 0.241. The Morgan fingerprint density at radius 2 is 2.31 bits per heavy atom. The molecule has 0 aliphatic rings. The molecule has 2 rings (SSSR count). The second-order valence-electron chi connectivity index (χ2n) is 3.44. The summed E-state index contributed by atoms with van der Waals surface area (Å²) in [5.74, 6) is -0.241. The quantitative estimate of drug-likeness (QED) is 0.752. The lowest BCUT2D eigenvalue weighted by Crippen LogP contribution is -2.11. The van der Waals surface area contributed by atoms with Crippen molar-refractivity contribution in [2.45, 2.75) is 6.92 Å². The van der Waals surface area contributed by atoms with Gasteiger partial charge in [0.25, 0.3) is 5.91 Å². The fourth-order valence-corrected chi connectivity index (χ4v) is 1.25. The van der Waals surface area contributed by atoms with Crippen molar-refractivity contribution in [2.75, 3.05) is 11.1 Å². The van der Waals surface area contributed by atoms with E-state index in [2.05, 4.69) is 15.0 Å². The van der Waals surface area contributed by atoms with E-state index in [0.717, 1.165) is 5.56 Å². The Hall–Kier alpha value is -2.30. The highest BCUT2D eigenvalue weighted by atomic mass is 16.5. The number of rotatable bonds is 2. The lowest BCUT2D eigenvalue weighted by atomic mass is 10.1. The highest BCUT2D eigenvalue weighted by Gasteiger charge is 2.08. The standard InChI is InChI=1S/C11H11N3O2/c1-7-2-3-8(4-10(7)12)11(15)14-9-5-13-16-6-9/h2-6H,12H2,1H3,(H,14,15). The number of benzene rings is 1. The number of nitrogen functional groups attached to an aromatic ring is 1. The van der Waals surface area contributed by atoms with Crippen molar-refractivity contribution < 1.29 is 9.32 Å². The van der Waals surface area contributed by atoms with Crippen molar-refractivity contribution in [3.63, 3.8) is 0 Å². The van der Waals surface area contributed by atoms with Crippen LogP contribution in [-0.4, -0.2) is 11.1 Å². The summed E-state index contributed by atoms with van der Waals surface area (Å²) in [6.45, 7) is 1.89. The summed E-state index contributed by atoms with van der Waals surface area (Å²) < 4.78 is 4.60. The van der Waals surface area contributed by atoms with Crippen LogP contribution < -0.4 is 11.1 Å². The molecule has 0 saturated carbocycles. The van der Waals surface area contributed by atoms with Crippen LogP contribution in [0.25, 0.3) is 0 Å². The smallest absolute Gasteiger partial charge is 0.255 e. The summed E-state index contributed by atoms with van der Waals surface area (Å²) in [5, 5.41) is 6.12. The van der Waals surface area contributed by atoms with Crippen molar-refractivity contribution >= 4 is 17.3 Å². The Morgan fingerprint density at radius 3 is 2.94 bits per heavy atom. The molecule has 0 fully saturated rings. The molecule has 2 aromatic rings. The normalized spacial score (nSPS) is 10.1. The van der Waals surface area contributed by atoms with Gasteiger partial charge >= 0.3 is 0 Å². The average molecular weight is 217 g/mol. The number of carbonyl (C=O) groups is 1. The predicted molar refractivity (Wildman–Crippen MR) is 60.0 cm³/mol. The third kappa shape index (κ3) is 2.03. The van der Waals surface area contributed by atoms with Gasteiger partial charge in [-0.2, -0.15) is 0 Å². The fourth-order valence-electron chi connectivity index (χ4n) is 1.25. The highest BCUT2D eigenvalue weighted by Crippen LogP contribution is 2.14. The van der Waals surface area contributed by atoms with Crippen LogP contribution in [0.5, 0.6) is 0 Å². The number of anilines is 2. The Balaban J connectivity index is 2.18. The minimum Gasteiger partial charge on any atom is -0.398 e. The molecule has 0 spiro atoms.